The van der Waals surface area contributed by atoms with Gasteiger partial charge in [-0.3, -0.25) is 9.69 Å². The fraction of sp³-hybridized carbons (Fsp3) is 0.368. The van der Waals surface area contributed by atoms with Crippen LogP contribution in [0.5, 0.6) is 0 Å². The quantitative estimate of drug-likeness (QED) is 0.656. The Morgan fingerprint density at radius 3 is 3.00 bits per heavy atom. The summed E-state index contributed by atoms with van der Waals surface area (Å²) in [5, 5.41) is 5.53. The third-order valence-corrected chi connectivity index (χ3v) is 5.47. The van der Waals surface area contributed by atoms with Crippen LogP contribution in [-0.4, -0.2) is 51.9 Å². The first kappa shape index (κ1) is 18.7. The van der Waals surface area contributed by atoms with Crippen LogP contribution in [0.25, 0.3) is 22.3 Å². The minimum absolute atomic E-state index is 0.108. The summed E-state index contributed by atoms with van der Waals surface area (Å²) in [5.74, 6) is 2.54. The summed E-state index contributed by atoms with van der Waals surface area (Å²) < 4.78 is 5.66. The Kier molecular flexibility index (Phi) is 5.47. The van der Waals surface area contributed by atoms with Gasteiger partial charge in [0.2, 0.25) is 5.91 Å². The summed E-state index contributed by atoms with van der Waals surface area (Å²) in [6.07, 6.45) is 2.76. The first-order valence-corrected chi connectivity index (χ1v) is 10.1. The van der Waals surface area contributed by atoms with Gasteiger partial charge in [-0.15, -0.1) is 11.3 Å². The number of nitrogens with two attached hydrogens (primary N) is 1. The van der Waals surface area contributed by atoms with Crippen molar-refractivity contribution >= 4 is 23.1 Å². The Hall–Kier alpha value is -2.62. The van der Waals surface area contributed by atoms with Gasteiger partial charge in [0, 0.05) is 24.2 Å². The standard InChI is InChI=1S/C19H22N6O2S/c1-12-2-3-15(27-12)18-22-14(19-21-5-7-28-19)8-16(24-18)23-17(26)11-25-6-4-13(9-20)10-25/h2-3,5,7-8,13H,4,6,9-11,20H2,1H3,(H,22,23,24,26). The van der Waals surface area contributed by atoms with Crippen molar-refractivity contribution in [1.82, 2.24) is 19.9 Å². The lowest BCUT2D eigenvalue weighted by Crippen LogP contribution is -2.32. The van der Waals surface area contributed by atoms with Crippen molar-refractivity contribution in [3.05, 3.63) is 35.5 Å². The number of carbonyl (C=O) groups excluding carboxylic acids is 1. The number of aromatic nitrogens is 3. The molecule has 4 heterocycles. The van der Waals surface area contributed by atoms with Crippen LogP contribution in [0.4, 0.5) is 5.82 Å². The molecule has 3 aromatic heterocycles. The van der Waals surface area contributed by atoms with E-state index in [1.54, 1.807) is 12.3 Å². The van der Waals surface area contributed by atoms with Gasteiger partial charge < -0.3 is 15.5 Å². The second-order valence-corrected chi connectivity index (χ2v) is 7.78. The van der Waals surface area contributed by atoms with Crippen LogP contribution in [0.15, 0.2) is 34.2 Å². The van der Waals surface area contributed by atoms with E-state index in [1.165, 1.54) is 11.3 Å². The number of nitrogens with zero attached hydrogens (tertiary/aromatic N) is 4. The molecule has 1 fully saturated rings. The summed E-state index contributed by atoms with van der Waals surface area (Å²) in [6, 6.07) is 5.41. The molecule has 0 saturated carbocycles. The minimum atomic E-state index is -0.108. The topological polar surface area (TPSA) is 110 Å². The molecule has 28 heavy (non-hydrogen) atoms. The van der Waals surface area contributed by atoms with Crippen molar-refractivity contribution in [3.8, 4) is 22.3 Å². The van der Waals surface area contributed by atoms with Gasteiger partial charge in [-0.2, -0.15) is 0 Å². The number of aryl methyl sites for hydroxylation is 1. The smallest absolute Gasteiger partial charge is 0.239 e. The van der Waals surface area contributed by atoms with Gasteiger partial charge in [-0.05, 0) is 44.5 Å². The maximum absolute atomic E-state index is 12.5. The number of thiazole rings is 1. The SMILES string of the molecule is Cc1ccc(-c2nc(NC(=O)CN3CCC(CN)C3)cc(-c3nccs3)n2)o1. The maximum atomic E-state index is 12.5. The number of nitrogens with one attached hydrogen (secondary N) is 1. The predicted molar refractivity (Wildman–Crippen MR) is 108 cm³/mol. The van der Waals surface area contributed by atoms with Crippen LogP contribution >= 0.6 is 11.3 Å². The third-order valence-electron chi connectivity index (χ3n) is 4.68. The molecule has 1 aliphatic rings. The molecule has 8 nitrogen and oxygen atoms in total. The summed E-state index contributed by atoms with van der Waals surface area (Å²) in [7, 11) is 0. The zero-order valence-electron chi connectivity index (χ0n) is 15.6. The van der Waals surface area contributed by atoms with E-state index < -0.39 is 0 Å². The molecule has 0 aliphatic carbocycles. The summed E-state index contributed by atoms with van der Waals surface area (Å²) >= 11 is 1.48. The zero-order valence-corrected chi connectivity index (χ0v) is 16.4. The highest BCUT2D eigenvalue weighted by Crippen LogP contribution is 2.26. The van der Waals surface area contributed by atoms with Gasteiger partial charge in [0.25, 0.3) is 0 Å². The van der Waals surface area contributed by atoms with Crippen LogP contribution in [0, 0.1) is 12.8 Å². The number of likely N-dealkylation sites (tertiary alicyclic amines) is 1. The molecule has 1 atom stereocenters. The van der Waals surface area contributed by atoms with Gasteiger partial charge in [0.1, 0.15) is 22.3 Å². The maximum Gasteiger partial charge on any atom is 0.239 e. The number of hydrogen-bond donors (Lipinski definition) is 2. The molecule has 0 bridgehead atoms. The average molecular weight is 398 g/mol. The normalized spacial score (nSPS) is 17.1. The lowest BCUT2D eigenvalue weighted by Gasteiger charge is -2.15. The molecule has 3 N–H and O–H groups in total. The second-order valence-electron chi connectivity index (χ2n) is 6.88. The van der Waals surface area contributed by atoms with E-state index in [2.05, 4.69) is 25.2 Å². The lowest BCUT2D eigenvalue weighted by molar-refractivity contribution is -0.117. The van der Waals surface area contributed by atoms with Crippen molar-refractivity contribution < 1.29 is 9.21 Å². The summed E-state index contributed by atoms with van der Waals surface area (Å²) in [6.45, 7) is 4.59. The number of hydrogen-bond acceptors (Lipinski definition) is 8. The molecule has 1 amide bonds. The molecule has 1 unspecified atom stereocenters. The van der Waals surface area contributed by atoms with Crippen molar-refractivity contribution in [2.45, 2.75) is 13.3 Å². The second kappa shape index (κ2) is 8.17. The van der Waals surface area contributed by atoms with Gasteiger partial charge >= 0.3 is 0 Å². The Bertz CT molecular complexity index is 955. The summed E-state index contributed by atoms with van der Waals surface area (Å²) in [5.41, 5.74) is 6.38. The van der Waals surface area contributed by atoms with Gasteiger partial charge in [-0.1, -0.05) is 0 Å². The largest absolute Gasteiger partial charge is 0.458 e. The number of rotatable bonds is 6. The van der Waals surface area contributed by atoms with E-state index in [0.717, 1.165) is 30.3 Å². The van der Waals surface area contributed by atoms with Crippen LogP contribution < -0.4 is 11.1 Å². The van der Waals surface area contributed by atoms with Crippen molar-refractivity contribution in [3.63, 3.8) is 0 Å². The van der Waals surface area contributed by atoms with Crippen molar-refractivity contribution in [2.75, 3.05) is 31.5 Å². The highest BCUT2D eigenvalue weighted by Gasteiger charge is 2.23. The molecule has 1 aliphatic heterocycles. The molecule has 0 radical (unpaired) electrons. The van der Waals surface area contributed by atoms with E-state index in [-0.39, 0.29) is 5.91 Å². The first-order valence-electron chi connectivity index (χ1n) is 9.19. The van der Waals surface area contributed by atoms with E-state index in [1.807, 2.05) is 24.4 Å². The highest BCUT2D eigenvalue weighted by atomic mass is 32.1. The lowest BCUT2D eigenvalue weighted by atomic mass is 10.1. The molecular weight excluding hydrogens is 376 g/mol. The minimum Gasteiger partial charge on any atom is -0.458 e. The van der Waals surface area contributed by atoms with Crippen LogP contribution in [-0.2, 0) is 4.79 Å². The molecule has 0 spiro atoms. The third kappa shape index (κ3) is 4.27. The molecular formula is C19H22N6O2S. The van der Waals surface area contributed by atoms with Crippen LogP contribution in [0.2, 0.25) is 0 Å². The van der Waals surface area contributed by atoms with Crippen LogP contribution in [0.1, 0.15) is 12.2 Å². The molecule has 4 rings (SSSR count). The average Bonchev–Trinajstić information content (AvgIpc) is 3.43. The van der Waals surface area contributed by atoms with Crippen molar-refractivity contribution in [2.24, 2.45) is 11.7 Å². The van der Waals surface area contributed by atoms with E-state index >= 15 is 0 Å². The van der Waals surface area contributed by atoms with Crippen LogP contribution in [0.3, 0.4) is 0 Å². The Labute approximate surface area is 166 Å². The van der Waals surface area contributed by atoms with E-state index in [4.69, 9.17) is 10.2 Å². The fourth-order valence-electron chi connectivity index (χ4n) is 3.27. The van der Waals surface area contributed by atoms with Crippen molar-refractivity contribution in [1.29, 1.82) is 0 Å². The van der Waals surface area contributed by atoms with Gasteiger partial charge in [-0.25, -0.2) is 15.0 Å². The first-order chi connectivity index (χ1) is 13.6. The number of anilines is 1. The highest BCUT2D eigenvalue weighted by molar-refractivity contribution is 7.13. The Morgan fingerprint density at radius 2 is 2.32 bits per heavy atom. The van der Waals surface area contributed by atoms with Gasteiger partial charge in [0.05, 0.1) is 6.54 Å². The Balaban J connectivity index is 1.55. The number of carbonyl (C=O) groups is 1. The Morgan fingerprint density at radius 1 is 1.43 bits per heavy atom. The number of furan rings is 1. The number of amides is 1. The fourth-order valence-corrected chi connectivity index (χ4v) is 3.87. The van der Waals surface area contributed by atoms with E-state index in [0.29, 0.717) is 42.1 Å². The molecule has 0 aromatic carbocycles. The van der Waals surface area contributed by atoms with Gasteiger partial charge in [0.15, 0.2) is 11.6 Å². The molecule has 3 aromatic rings. The monoisotopic (exact) mass is 398 g/mol. The molecule has 1 saturated heterocycles. The molecule has 9 heteroatoms. The zero-order chi connectivity index (χ0) is 19.5. The predicted octanol–water partition coefficient (Wildman–Crippen LogP) is 2.39. The molecule has 146 valence electrons. The van der Waals surface area contributed by atoms with E-state index in [9.17, 15) is 4.79 Å². The summed E-state index contributed by atoms with van der Waals surface area (Å²) in [4.78, 5) is 28.0.